The molecule has 0 aliphatic heterocycles. The minimum Gasteiger partial charge on any atom is -0.469 e. The van der Waals surface area contributed by atoms with Crippen molar-refractivity contribution in [3.05, 3.63) is 81.2 Å². The number of rotatable bonds is 7. The summed E-state index contributed by atoms with van der Waals surface area (Å²) in [7, 11) is 1.36. The molecule has 1 heterocycles. The molecule has 3 aromatic rings. The maximum atomic E-state index is 12.6. The minimum absolute atomic E-state index is 0.0697. The van der Waals surface area contributed by atoms with Gasteiger partial charge in [0.1, 0.15) is 11.3 Å². The van der Waals surface area contributed by atoms with E-state index in [0.717, 1.165) is 24.8 Å². The Morgan fingerprint density at radius 1 is 1.07 bits per heavy atom. The van der Waals surface area contributed by atoms with E-state index in [0.29, 0.717) is 23.2 Å². The van der Waals surface area contributed by atoms with Crippen LogP contribution in [0.4, 0.5) is 0 Å². The van der Waals surface area contributed by atoms with Crippen LogP contribution >= 0.6 is 0 Å². The Morgan fingerprint density at radius 2 is 1.85 bits per heavy atom. The monoisotopic (exact) mass is 364 g/mol. The first-order valence-corrected chi connectivity index (χ1v) is 9.30. The molecule has 0 fully saturated rings. The van der Waals surface area contributed by atoms with E-state index in [4.69, 9.17) is 4.42 Å². The molecule has 0 saturated carbocycles. The van der Waals surface area contributed by atoms with Gasteiger partial charge in [0.05, 0.1) is 18.9 Å². The van der Waals surface area contributed by atoms with E-state index in [1.165, 1.54) is 24.3 Å². The summed E-state index contributed by atoms with van der Waals surface area (Å²) in [5, 5.41) is 0.595. The van der Waals surface area contributed by atoms with E-state index in [2.05, 4.69) is 23.8 Å². The van der Waals surface area contributed by atoms with Crippen molar-refractivity contribution in [1.82, 2.24) is 0 Å². The average molecular weight is 364 g/mol. The Hall–Kier alpha value is -2.88. The third-order valence-corrected chi connectivity index (χ3v) is 4.69. The number of esters is 1. The molecule has 1 aromatic heterocycles. The molecule has 3 rings (SSSR count). The van der Waals surface area contributed by atoms with Crippen molar-refractivity contribution in [2.24, 2.45) is 0 Å². The number of carbonyl (C=O) groups is 1. The largest absolute Gasteiger partial charge is 0.469 e. The lowest BCUT2D eigenvalue weighted by atomic mass is 9.95. The first-order chi connectivity index (χ1) is 13.1. The number of ether oxygens (including phenoxy) is 1. The Morgan fingerprint density at radius 3 is 2.56 bits per heavy atom. The number of aryl methyl sites for hydroxylation is 2. The topological polar surface area (TPSA) is 56.5 Å². The van der Waals surface area contributed by atoms with Crippen LogP contribution in [0.3, 0.4) is 0 Å². The summed E-state index contributed by atoms with van der Waals surface area (Å²) in [6, 6.07) is 15.6. The molecule has 0 aliphatic rings. The summed E-state index contributed by atoms with van der Waals surface area (Å²) >= 11 is 0. The fourth-order valence-corrected chi connectivity index (χ4v) is 3.32. The van der Waals surface area contributed by atoms with Gasteiger partial charge in [0.25, 0.3) is 0 Å². The molecule has 0 bridgehead atoms. The Kier molecular flexibility index (Phi) is 6.07. The van der Waals surface area contributed by atoms with Crippen molar-refractivity contribution >= 4 is 16.9 Å². The van der Waals surface area contributed by atoms with Crippen LogP contribution in [0.25, 0.3) is 11.0 Å². The lowest BCUT2D eigenvalue weighted by Crippen LogP contribution is -2.08. The summed E-state index contributed by atoms with van der Waals surface area (Å²) in [6.45, 7) is 2.12. The van der Waals surface area contributed by atoms with Crippen molar-refractivity contribution in [2.45, 2.75) is 39.0 Å². The molecule has 0 unspecified atom stereocenters. The van der Waals surface area contributed by atoms with Gasteiger partial charge in [-0.15, -0.1) is 0 Å². The summed E-state index contributed by atoms with van der Waals surface area (Å²) in [5.41, 5.74) is 4.05. The van der Waals surface area contributed by atoms with Gasteiger partial charge in [-0.25, -0.2) is 0 Å². The first-order valence-electron chi connectivity index (χ1n) is 9.30. The SMILES string of the molecule is CCCc1c(Cc2ccccc2)ccc2c(=O)cc(CCC(=O)OC)oc12. The maximum absolute atomic E-state index is 12.6. The van der Waals surface area contributed by atoms with Crippen molar-refractivity contribution in [2.75, 3.05) is 7.11 Å². The van der Waals surface area contributed by atoms with Crippen LogP contribution < -0.4 is 5.43 Å². The highest BCUT2D eigenvalue weighted by Crippen LogP contribution is 2.25. The molecule has 0 amide bonds. The van der Waals surface area contributed by atoms with Gasteiger partial charge in [-0.3, -0.25) is 9.59 Å². The molecule has 0 radical (unpaired) electrons. The van der Waals surface area contributed by atoms with E-state index in [1.807, 2.05) is 30.3 Å². The molecule has 0 N–H and O–H groups in total. The number of methoxy groups -OCH3 is 1. The Balaban J connectivity index is 2.05. The van der Waals surface area contributed by atoms with Gasteiger partial charge < -0.3 is 9.15 Å². The summed E-state index contributed by atoms with van der Waals surface area (Å²) in [5.74, 6) is 0.205. The second-order valence-corrected chi connectivity index (χ2v) is 6.65. The maximum Gasteiger partial charge on any atom is 0.305 e. The number of benzene rings is 2. The Bertz CT molecular complexity index is 986. The van der Waals surface area contributed by atoms with Gasteiger partial charge in [-0.2, -0.15) is 0 Å². The van der Waals surface area contributed by atoms with Crippen molar-refractivity contribution in [3.63, 3.8) is 0 Å². The smallest absolute Gasteiger partial charge is 0.305 e. The van der Waals surface area contributed by atoms with E-state index >= 15 is 0 Å². The summed E-state index contributed by atoms with van der Waals surface area (Å²) < 4.78 is 10.8. The Labute approximate surface area is 158 Å². The standard InChI is InChI=1S/C23H24O4/c1-3-7-19-17(14-16-8-5-4-6-9-16)10-12-20-21(24)15-18(27-23(19)20)11-13-22(25)26-2/h4-6,8-10,12,15H,3,7,11,13-14H2,1-2H3. The van der Waals surface area contributed by atoms with Crippen molar-refractivity contribution in [3.8, 4) is 0 Å². The van der Waals surface area contributed by atoms with Crippen LogP contribution in [0.2, 0.25) is 0 Å². The molecule has 0 atom stereocenters. The zero-order valence-corrected chi connectivity index (χ0v) is 15.8. The number of carbonyl (C=O) groups excluding carboxylic acids is 1. The minimum atomic E-state index is -0.315. The van der Waals surface area contributed by atoms with Gasteiger partial charge in [-0.05, 0) is 35.6 Å². The predicted molar refractivity (Wildman–Crippen MR) is 106 cm³/mol. The molecular weight excluding hydrogens is 340 g/mol. The van der Waals surface area contributed by atoms with Crippen LogP contribution in [0.5, 0.6) is 0 Å². The van der Waals surface area contributed by atoms with Gasteiger partial charge >= 0.3 is 5.97 Å². The molecule has 4 heteroatoms. The molecule has 0 aliphatic carbocycles. The van der Waals surface area contributed by atoms with Crippen LogP contribution in [-0.2, 0) is 28.8 Å². The van der Waals surface area contributed by atoms with Crippen LogP contribution in [0.1, 0.15) is 42.2 Å². The van der Waals surface area contributed by atoms with E-state index in [9.17, 15) is 9.59 Å². The quantitative estimate of drug-likeness (QED) is 0.582. The van der Waals surface area contributed by atoms with Gasteiger partial charge in [0, 0.05) is 12.5 Å². The average Bonchev–Trinajstić information content (AvgIpc) is 2.69. The van der Waals surface area contributed by atoms with Crippen molar-refractivity contribution in [1.29, 1.82) is 0 Å². The highest BCUT2D eigenvalue weighted by atomic mass is 16.5. The van der Waals surface area contributed by atoms with Crippen LogP contribution in [0.15, 0.2) is 57.7 Å². The molecule has 2 aromatic carbocycles. The summed E-state index contributed by atoms with van der Waals surface area (Å²) in [6.07, 6.45) is 3.13. The van der Waals surface area contributed by atoms with Gasteiger partial charge in [0.15, 0.2) is 5.43 Å². The number of hydrogen-bond donors (Lipinski definition) is 0. The zero-order valence-electron chi connectivity index (χ0n) is 15.8. The second kappa shape index (κ2) is 8.67. The molecule has 4 nitrogen and oxygen atoms in total. The van der Waals surface area contributed by atoms with E-state index in [1.54, 1.807) is 0 Å². The summed E-state index contributed by atoms with van der Waals surface area (Å²) in [4.78, 5) is 24.0. The highest BCUT2D eigenvalue weighted by molar-refractivity contribution is 5.81. The van der Waals surface area contributed by atoms with Gasteiger partial charge in [0.2, 0.25) is 0 Å². The molecule has 27 heavy (non-hydrogen) atoms. The van der Waals surface area contributed by atoms with E-state index in [-0.39, 0.29) is 17.8 Å². The lowest BCUT2D eigenvalue weighted by Gasteiger charge is -2.13. The normalized spacial score (nSPS) is 10.9. The molecule has 140 valence electrons. The van der Waals surface area contributed by atoms with E-state index < -0.39 is 0 Å². The predicted octanol–water partition coefficient (Wildman–Crippen LogP) is 4.44. The third-order valence-electron chi connectivity index (χ3n) is 4.69. The lowest BCUT2D eigenvalue weighted by molar-refractivity contribution is -0.140. The molecule has 0 spiro atoms. The molecular formula is C23H24O4. The van der Waals surface area contributed by atoms with Crippen molar-refractivity contribution < 1.29 is 13.9 Å². The zero-order chi connectivity index (χ0) is 19.2. The van der Waals surface area contributed by atoms with Crippen LogP contribution in [0, 0.1) is 0 Å². The molecule has 0 saturated heterocycles. The highest BCUT2D eigenvalue weighted by Gasteiger charge is 2.14. The number of hydrogen-bond acceptors (Lipinski definition) is 4. The fraction of sp³-hybridized carbons (Fsp3) is 0.304. The number of fused-ring (bicyclic) bond motifs is 1. The third kappa shape index (κ3) is 4.45. The fourth-order valence-electron chi connectivity index (χ4n) is 3.32. The second-order valence-electron chi connectivity index (χ2n) is 6.65. The first kappa shape index (κ1) is 18.9. The van der Waals surface area contributed by atoms with Gasteiger partial charge in [-0.1, -0.05) is 49.7 Å². The van der Waals surface area contributed by atoms with Crippen LogP contribution in [-0.4, -0.2) is 13.1 Å².